The minimum absolute atomic E-state index is 0.165. The lowest BCUT2D eigenvalue weighted by Crippen LogP contribution is -2.37. The van der Waals surface area contributed by atoms with Crippen LogP contribution in [0.5, 0.6) is 0 Å². The quantitative estimate of drug-likeness (QED) is 0.738. The van der Waals surface area contributed by atoms with Gasteiger partial charge < -0.3 is 9.84 Å². The molecule has 0 aliphatic carbocycles. The molecule has 1 fully saturated rings. The number of aromatic amines is 1. The largest absolute Gasteiger partial charge is 0.393 e. The van der Waals surface area contributed by atoms with Crippen LogP contribution in [0.25, 0.3) is 0 Å². The second-order valence-corrected chi connectivity index (χ2v) is 4.37. The molecule has 2 N–H and O–H groups in total. The van der Waals surface area contributed by atoms with Gasteiger partial charge in [0.05, 0.1) is 12.5 Å². The Morgan fingerprint density at radius 3 is 2.94 bits per heavy atom. The van der Waals surface area contributed by atoms with Crippen LogP contribution in [0, 0.1) is 0 Å². The summed E-state index contributed by atoms with van der Waals surface area (Å²) in [5, 5.41) is 9.24. The molecular formula is C10H13ClN2O4. The van der Waals surface area contributed by atoms with Crippen LogP contribution in [0.1, 0.15) is 19.1 Å². The van der Waals surface area contributed by atoms with Crippen molar-refractivity contribution in [3.63, 3.8) is 0 Å². The Kier molecular flexibility index (Phi) is 3.37. The second kappa shape index (κ2) is 4.64. The molecule has 0 spiro atoms. The number of aliphatic hydroxyl groups excluding tert-OH is 1. The van der Waals surface area contributed by atoms with Gasteiger partial charge in [-0.1, -0.05) is 0 Å². The summed E-state index contributed by atoms with van der Waals surface area (Å²) in [6, 6.07) is 1.25. The zero-order valence-electron chi connectivity index (χ0n) is 9.06. The van der Waals surface area contributed by atoms with Crippen LogP contribution in [0.2, 0.25) is 0 Å². The van der Waals surface area contributed by atoms with Gasteiger partial charge in [-0.15, -0.1) is 11.6 Å². The molecule has 0 aromatic carbocycles. The summed E-state index contributed by atoms with van der Waals surface area (Å²) >= 11 is 5.75. The molecule has 1 saturated heterocycles. The van der Waals surface area contributed by atoms with Crippen LogP contribution in [0.15, 0.2) is 21.9 Å². The van der Waals surface area contributed by atoms with E-state index < -0.39 is 23.1 Å². The molecule has 0 amide bonds. The molecule has 1 aliphatic heterocycles. The van der Waals surface area contributed by atoms with E-state index in [0.717, 1.165) is 0 Å². The fourth-order valence-electron chi connectivity index (χ4n) is 1.90. The van der Waals surface area contributed by atoms with E-state index in [1.165, 1.54) is 16.8 Å². The number of hydrogen-bond acceptors (Lipinski definition) is 4. The number of aliphatic hydroxyl groups is 1. The third kappa shape index (κ3) is 2.29. The highest BCUT2D eigenvalue weighted by atomic mass is 35.5. The SMILES string of the molecule is O=c1ccn([C@H]2CC[C@](CO)(CCl)O2)c(=O)[nH]1. The zero-order valence-corrected chi connectivity index (χ0v) is 9.81. The number of nitrogens with zero attached hydrogens (tertiary/aromatic N) is 1. The molecule has 1 aromatic heterocycles. The summed E-state index contributed by atoms with van der Waals surface area (Å²) in [6.45, 7) is -0.189. The molecule has 2 heterocycles. The Bertz CT molecular complexity index is 506. The lowest BCUT2D eigenvalue weighted by Gasteiger charge is -2.24. The first-order valence-electron chi connectivity index (χ1n) is 5.26. The van der Waals surface area contributed by atoms with E-state index in [0.29, 0.717) is 12.8 Å². The van der Waals surface area contributed by atoms with Crippen molar-refractivity contribution in [1.82, 2.24) is 9.55 Å². The molecule has 17 heavy (non-hydrogen) atoms. The molecule has 0 unspecified atom stereocenters. The van der Waals surface area contributed by atoms with Crippen molar-refractivity contribution in [2.75, 3.05) is 12.5 Å². The topological polar surface area (TPSA) is 84.3 Å². The molecule has 2 rings (SSSR count). The van der Waals surface area contributed by atoms with E-state index in [9.17, 15) is 14.7 Å². The number of nitrogens with one attached hydrogen (secondary N) is 1. The van der Waals surface area contributed by atoms with Crippen LogP contribution >= 0.6 is 11.6 Å². The van der Waals surface area contributed by atoms with Gasteiger partial charge in [0.1, 0.15) is 11.8 Å². The van der Waals surface area contributed by atoms with Gasteiger partial charge in [0, 0.05) is 12.3 Å². The third-order valence-electron chi connectivity index (χ3n) is 2.93. The predicted molar refractivity (Wildman–Crippen MR) is 61.2 cm³/mol. The summed E-state index contributed by atoms with van der Waals surface area (Å²) in [4.78, 5) is 24.6. The lowest BCUT2D eigenvalue weighted by molar-refractivity contribution is -0.0859. The van der Waals surface area contributed by atoms with E-state index in [-0.39, 0.29) is 12.5 Å². The van der Waals surface area contributed by atoms with E-state index in [2.05, 4.69) is 4.98 Å². The maximum Gasteiger partial charge on any atom is 0.330 e. The second-order valence-electron chi connectivity index (χ2n) is 4.10. The minimum atomic E-state index is -0.790. The molecule has 1 aliphatic rings. The Morgan fingerprint density at radius 1 is 1.65 bits per heavy atom. The number of hydrogen-bond donors (Lipinski definition) is 2. The molecule has 0 bridgehead atoms. The highest BCUT2D eigenvalue weighted by molar-refractivity contribution is 6.18. The number of halogens is 1. The van der Waals surface area contributed by atoms with Crippen LogP contribution < -0.4 is 11.2 Å². The van der Waals surface area contributed by atoms with Crippen molar-refractivity contribution in [3.05, 3.63) is 33.1 Å². The van der Waals surface area contributed by atoms with Gasteiger partial charge in [0.25, 0.3) is 5.56 Å². The average Bonchev–Trinajstić information content (AvgIpc) is 2.74. The first-order valence-corrected chi connectivity index (χ1v) is 5.80. The van der Waals surface area contributed by atoms with Gasteiger partial charge in [-0.3, -0.25) is 14.3 Å². The van der Waals surface area contributed by atoms with Crippen LogP contribution in [0.4, 0.5) is 0 Å². The minimum Gasteiger partial charge on any atom is -0.393 e. The van der Waals surface area contributed by atoms with E-state index in [1.807, 2.05) is 0 Å². The van der Waals surface area contributed by atoms with Crippen molar-refractivity contribution < 1.29 is 9.84 Å². The monoisotopic (exact) mass is 260 g/mol. The molecular weight excluding hydrogens is 248 g/mol. The maximum atomic E-state index is 11.5. The van der Waals surface area contributed by atoms with Crippen LogP contribution in [-0.4, -0.2) is 32.7 Å². The van der Waals surface area contributed by atoms with Gasteiger partial charge in [-0.25, -0.2) is 4.79 Å². The van der Waals surface area contributed by atoms with E-state index in [4.69, 9.17) is 16.3 Å². The molecule has 2 atom stereocenters. The highest BCUT2D eigenvalue weighted by Gasteiger charge is 2.40. The van der Waals surface area contributed by atoms with Crippen molar-refractivity contribution in [3.8, 4) is 0 Å². The fraction of sp³-hybridized carbons (Fsp3) is 0.600. The number of rotatable bonds is 3. The van der Waals surface area contributed by atoms with Gasteiger partial charge in [0.15, 0.2) is 0 Å². The molecule has 1 aromatic rings. The summed E-state index contributed by atoms with van der Waals surface area (Å²) in [5.41, 5.74) is -1.76. The van der Waals surface area contributed by atoms with E-state index >= 15 is 0 Å². The summed E-state index contributed by atoms with van der Waals surface area (Å²) in [5.74, 6) is 0.165. The molecule has 6 nitrogen and oxygen atoms in total. The lowest BCUT2D eigenvalue weighted by atomic mass is 10.0. The Labute approximate surface area is 102 Å². The van der Waals surface area contributed by atoms with Crippen molar-refractivity contribution in [2.45, 2.75) is 24.7 Å². The fourth-order valence-corrected chi connectivity index (χ4v) is 2.18. The molecule has 0 radical (unpaired) electrons. The maximum absolute atomic E-state index is 11.5. The molecule has 94 valence electrons. The Morgan fingerprint density at radius 2 is 2.41 bits per heavy atom. The Balaban J connectivity index is 2.26. The van der Waals surface area contributed by atoms with Gasteiger partial charge >= 0.3 is 5.69 Å². The molecule has 0 saturated carbocycles. The number of aromatic nitrogens is 2. The van der Waals surface area contributed by atoms with Crippen LogP contribution in [-0.2, 0) is 4.74 Å². The zero-order chi connectivity index (χ0) is 12.5. The first-order chi connectivity index (χ1) is 8.10. The third-order valence-corrected chi connectivity index (χ3v) is 3.41. The standard InChI is InChI=1S/C10H13ClN2O4/c11-5-10(6-14)3-1-8(17-10)13-4-2-7(15)12-9(13)16/h2,4,8,14H,1,3,5-6H2,(H,12,15,16)/t8-,10-/m1/s1. The first kappa shape index (κ1) is 12.3. The van der Waals surface area contributed by atoms with Gasteiger partial charge in [0.2, 0.25) is 0 Å². The van der Waals surface area contributed by atoms with Crippen molar-refractivity contribution in [1.29, 1.82) is 0 Å². The molecule has 7 heteroatoms. The van der Waals surface area contributed by atoms with Gasteiger partial charge in [-0.05, 0) is 12.8 Å². The summed E-state index contributed by atoms with van der Waals surface area (Å²) in [7, 11) is 0. The number of ether oxygens (including phenoxy) is 1. The highest BCUT2D eigenvalue weighted by Crippen LogP contribution is 2.36. The number of H-pyrrole nitrogens is 1. The average molecular weight is 261 g/mol. The summed E-state index contributed by atoms with van der Waals surface area (Å²) in [6.07, 6.45) is 2.03. The van der Waals surface area contributed by atoms with Crippen LogP contribution in [0.3, 0.4) is 0 Å². The summed E-state index contributed by atoms with van der Waals surface area (Å²) < 4.78 is 6.91. The van der Waals surface area contributed by atoms with E-state index in [1.54, 1.807) is 0 Å². The number of alkyl halides is 1. The normalized spacial score (nSPS) is 28.5. The smallest absolute Gasteiger partial charge is 0.330 e. The van der Waals surface area contributed by atoms with Gasteiger partial charge in [-0.2, -0.15) is 0 Å². The predicted octanol–water partition coefficient (Wildman–Crippen LogP) is -0.185. The van der Waals surface area contributed by atoms with Crippen molar-refractivity contribution in [2.24, 2.45) is 0 Å². The Hall–Kier alpha value is -1.11. The van der Waals surface area contributed by atoms with Crippen molar-refractivity contribution >= 4 is 11.6 Å².